The molecule has 6 nitrogen and oxygen atoms in total. The number of carbonyl (C=O) groups is 1. The number of nitrogens with zero attached hydrogens (tertiary/aromatic N) is 3. The van der Waals surface area contributed by atoms with Crippen molar-refractivity contribution < 1.29 is 14.3 Å². The number of aromatic nitrogens is 2. The Labute approximate surface area is 164 Å². The summed E-state index contributed by atoms with van der Waals surface area (Å²) in [4.78, 5) is 19.7. The largest absolute Gasteiger partial charge is 0.493 e. The molecule has 4 rings (SSSR count). The average molecular weight is 379 g/mol. The molecule has 0 atom stereocenters. The molecule has 0 aliphatic carbocycles. The van der Waals surface area contributed by atoms with Crippen molar-refractivity contribution in [1.82, 2.24) is 14.5 Å². The van der Waals surface area contributed by atoms with E-state index in [1.807, 2.05) is 29.2 Å². The molecule has 1 amide bonds. The lowest BCUT2D eigenvalue weighted by atomic mass is 10.0. The highest BCUT2D eigenvalue weighted by Gasteiger charge is 2.36. The van der Waals surface area contributed by atoms with Crippen molar-refractivity contribution in [3.05, 3.63) is 53.9 Å². The molecule has 28 heavy (non-hydrogen) atoms. The zero-order valence-corrected chi connectivity index (χ0v) is 16.7. The molecule has 0 N–H and O–H groups in total. The first kappa shape index (κ1) is 18.3. The monoisotopic (exact) mass is 379 g/mol. The summed E-state index contributed by atoms with van der Waals surface area (Å²) in [5.74, 6) is 2.39. The van der Waals surface area contributed by atoms with Crippen LogP contribution in [-0.2, 0) is 0 Å². The fraction of sp³-hybridized carbons (Fsp3) is 0.364. The number of imidazole rings is 1. The number of para-hydroxylation sites is 3. The average Bonchev–Trinajstić information content (AvgIpc) is 3.05. The molecule has 0 unspecified atom stereocenters. The molecule has 0 saturated carbocycles. The van der Waals surface area contributed by atoms with Crippen LogP contribution in [0.15, 0.2) is 42.5 Å². The molecular formula is C22H25N3O3. The predicted octanol–water partition coefficient (Wildman–Crippen LogP) is 3.87. The van der Waals surface area contributed by atoms with Crippen LogP contribution in [0.5, 0.6) is 11.5 Å². The fourth-order valence-electron chi connectivity index (χ4n) is 3.86. The standard InChI is InChI=1S/C22H25N3O3/c1-14(2)21-23-17-9-5-6-10-18(17)25(21)15-12-24(13-15)22(26)16-8-7-11-19(27-3)20(16)28-4/h5-11,14-15H,12-13H2,1-4H3. The summed E-state index contributed by atoms with van der Waals surface area (Å²) in [6.07, 6.45) is 0. The van der Waals surface area contributed by atoms with Gasteiger partial charge in [-0.15, -0.1) is 0 Å². The Morgan fingerprint density at radius 2 is 1.82 bits per heavy atom. The van der Waals surface area contributed by atoms with Gasteiger partial charge in [-0.2, -0.15) is 0 Å². The van der Waals surface area contributed by atoms with E-state index in [9.17, 15) is 4.79 Å². The Bertz CT molecular complexity index is 1020. The second-order valence-corrected chi connectivity index (χ2v) is 7.39. The minimum Gasteiger partial charge on any atom is -0.493 e. The quantitative estimate of drug-likeness (QED) is 0.675. The van der Waals surface area contributed by atoms with Gasteiger partial charge in [0.05, 0.1) is 36.9 Å². The summed E-state index contributed by atoms with van der Waals surface area (Å²) in [6.45, 7) is 5.61. The number of ether oxygens (including phenoxy) is 2. The summed E-state index contributed by atoms with van der Waals surface area (Å²) < 4.78 is 13.0. The first-order valence-corrected chi connectivity index (χ1v) is 9.52. The summed E-state index contributed by atoms with van der Waals surface area (Å²) in [5.41, 5.74) is 2.66. The van der Waals surface area contributed by atoms with Gasteiger partial charge >= 0.3 is 0 Å². The van der Waals surface area contributed by atoms with Crippen molar-refractivity contribution in [1.29, 1.82) is 0 Å². The number of carbonyl (C=O) groups excluding carboxylic acids is 1. The number of hydrogen-bond donors (Lipinski definition) is 0. The minimum absolute atomic E-state index is 0.0393. The summed E-state index contributed by atoms with van der Waals surface area (Å²) in [7, 11) is 3.13. The van der Waals surface area contributed by atoms with E-state index in [1.165, 1.54) is 0 Å². The van der Waals surface area contributed by atoms with E-state index in [0.717, 1.165) is 16.9 Å². The SMILES string of the molecule is COc1cccc(C(=O)N2CC(n3c(C(C)C)nc4ccccc43)C2)c1OC. The predicted molar refractivity (Wildman–Crippen MR) is 108 cm³/mol. The van der Waals surface area contributed by atoms with Gasteiger partial charge in [-0.3, -0.25) is 4.79 Å². The molecule has 146 valence electrons. The highest BCUT2D eigenvalue weighted by molar-refractivity contribution is 5.98. The normalized spacial score (nSPS) is 14.4. The summed E-state index contributed by atoms with van der Waals surface area (Å²) in [6, 6.07) is 13.8. The van der Waals surface area contributed by atoms with Crippen LogP contribution in [0.1, 0.15) is 42.0 Å². The van der Waals surface area contributed by atoms with Crippen LogP contribution < -0.4 is 9.47 Å². The maximum absolute atomic E-state index is 13.0. The van der Waals surface area contributed by atoms with E-state index in [0.29, 0.717) is 36.1 Å². The fourth-order valence-corrected chi connectivity index (χ4v) is 3.86. The third-order valence-electron chi connectivity index (χ3n) is 5.29. The van der Waals surface area contributed by atoms with E-state index in [2.05, 4.69) is 24.5 Å². The molecule has 1 aliphatic heterocycles. The number of benzene rings is 2. The maximum Gasteiger partial charge on any atom is 0.257 e. The lowest BCUT2D eigenvalue weighted by Crippen LogP contribution is -2.51. The lowest BCUT2D eigenvalue weighted by Gasteiger charge is -2.41. The first-order chi connectivity index (χ1) is 13.5. The van der Waals surface area contributed by atoms with E-state index >= 15 is 0 Å². The van der Waals surface area contributed by atoms with Crippen LogP contribution in [-0.4, -0.2) is 47.7 Å². The molecule has 1 aromatic heterocycles. The molecule has 0 bridgehead atoms. The number of likely N-dealkylation sites (tertiary alicyclic amines) is 1. The van der Waals surface area contributed by atoms with Crippen LogP contribution in [0.2, 0.25) is 0 Å². The number of methoxy groups -OCH3 is 2. The number of rotatable bonds is 5. The van der Waals surface area contributed by atoms with Crippen molar-refractivity contribution >= 4 is 16.9 Å². The Morgan fingerprint density at radius 3 is 2.50 bits per heavy atom. The number of hydrogen-bond acceptors (Lipinski definition) is 4. The Kier molecular flexibility index (Phi) is 4.71. The van der Waals surface area contributed by atoms with E-state index in [-0.39, 0.29) is 11.9 Å². The summed E-state index contributed by atoms with van der Waals surface area (Å²) >= 11 is 0. The van der Waals surface area contributed by atoms with Crippen molar-refractivity contribution in [2.45, 2.75) is 25.8 Å². The zero-order chi connectivity index (χ0) is 19.8. The van der Waals surface area contributed by atoms with Crippen molar-refractivity contribution in [2.75, 3.05) is 27.3 Å². The van der Waals surface area contributed by atoms with Gasteiger partial charge in [-0.1, -0.05) is 32.0 Å². The van der Waals surface area contributed by atoms with Gasteiger partial charge in [0, 0.05) is 19.0 Å². The van der Waals surface area contributed by atoms with E-state index in [1.54, 1.807) is 26.4 Å². The van der Waals surface area contributed by atoms with E-state index in [4.69, 9.17) is 14.5 Å². The third-order valence-corrected chi connectivity index (χ3v) is 5.29. The second-order valence-electron chi connectivity index (χ2n) is 7.39. The van der Waals surface area contributed by atoms with Gasteiger partial charge in [0.25, 0.3) is 5.91 Å². The number of amides is 1. The van der Waals surface area contributed by atoms with Gasteiger partial charge in [-0.05, 0) is 24.3 Å². The van der Waals surface area contributed by atoms with Crippen LogP contribution in [0.25, 0.3) is 11.0 Å². The molecule has 0 radical (unpaired) electrons. The Hall–Kier alpha value is -3.02. The van der Waals surface area contributed by atoms with E-state index < -0.39 is 0 Å². The van der Waals surface area contributed by atoms with Gasteiger partial charge in [-0.25, -0.2) is 4.98 Å². The topological polar surface area (TPSA) is 56.6 Å². The second kappa shape index (κ2) is 7.19. The smallest absolute Gasteiger partial charge is 0.257 e. The molecule has 1 saturated heterocycles. The highest BCUT2D eigenvalue weighted by atomic mass is 16.5. The third kappa shape index (κ3) is 2.89. The van der Waals surface area contributed by atoms with Crippen molar-refractivity contribution in [3.63, 3.8) is 0 Å². The van der Waals surface area contributed by atoms with Crippen LogP contribution in [0.3, 0.4) is 0 Å². The van der Waals surface area contributed by atoms with Gasteiger partial charge in [0.15, 0.2) is 11.5 Å². The van der Waals surface area contributed by atoms with Gasteiger partial charge in [0.2, 0.25) is 0 Å². The van der Waals surface area contributed by atoms with Gasteiger partial charge in [0.1, 0.15) is 5.82 Å². The van der Waals surface area contributed by atoms with Crippen molar-refractivity contribution in [3.8, 4) is 11.5 Å². The molecule has 0 spiro atoms. The Balaban J connectivity index is 1.60. The minimum atomic E-state index is -0.0393. The lowest BCUT2D eigenvalue weighted by molar-refractivity contribution is 0.0517. The van der Waals surface area contributed by atoms with Crippen LogP contribution in [0.4, 0.5) is 0 Å². The Morgan fingerprint density at radius 1 is 1.07 bits per heavy atom. The first-order valence-electron chi connectivity index (χ1n) is 9.52. The molecule has 1 aliphatic rings. The molecule has 3 aromatic rings. The van der Waals surface area contributed by atoms with Gasteiger partial charge < -0.3 is 18.9 Å². The highest BCUT2D eigenvalue weighted by Crippen LogP contribution is 2.35. The van der Waals surface area contributed by atoms with Crippen molar-refractivity contribution in [2.24, 2.45) is 0 Å². The van der Waals surface area contributed by atoms with Crippen LogP contribution >= 0.6 is 0 Å². The van der Waals surface area contributed by atoms with Crippen LogP contribution in [0, 0.1) is 0 Å². The summed E-state index contributed by atoms with van der Waals surface area (Å²) in [5, 5.41) is 0. The maximum atomic E-state index is 13.0. The molecule has 2 heterocycles. The molecule has 6 heteroatoms. The number of fused-ring (bicyclic) bond motifs is 1. The molecular weight excluding hydrogens is 354 g/mol. The molecule has 1 fully saturated rings. The zero-order valence-electron chi connectivity index (χ0n) is 16.7. The molecule has 2 aromatic carbocycles.